The van der Waals surface area contributed by atoms with Crippen LogP contribution in [0.4, 0.5) is 5.69 Å². The van der Waals surface area contributed by atoms with Crippen molar-refractivity contribution in [2.24, 2.45) is 4.99 Å². The molecule has 1 amide bonds. The van der Waals surface area contributed by atoms with Crippen LogP contribution in [0.3, 0.4) is 0 Å². The molecular formula is C23H29N3O3S. The minimum absolute atomic E-state index is 0.00434. The van der Waals surface area contributed by atoms with E-state index in [4.69, 9.17) is 4.99 Å². The average molecular weight is 428 g/mol. The lowest BCUT2D eigenvalue weighted by Crippen LogP contribution is -2.41. The minimum Gasteiger partial charge on any atom is -0.284 e. The van der Waals surface area contributed by atoms with Crippen molar-refractivity contribution in [2.45, 2.75) is 83.2 Å². The number of hydrogen-bond donors (Lipinski definition) is 0. The van der Waals surface area contributed by atoms with Gasteiger partial charge < -0.3 is 0 Å². The zero-order chi connectivity index (χ0) is 21.1. The van der Waals surface area contributed by atoms with Gasteiger partial charge in [-0.25, -0.2) is 0 Å². The smallest absolute Gasteiger partial charge is 0.272 e. The molecule has 0 spiro atoms. The van der Waals surface area contributed by atoms with Crippen molar-refractivity contribution in [3.8, 4) is 0 Å². The first-order chi connectivity index (χ1) is 14.5. The molecule has 1 aromatic carbocycles. The number of amides is 1. The fourth-order valence-electron chi connectivity index (χ4n) is 4.67. The predicted molar refractivity (Wildman–Crippen MR) is 121 cm³/mol. The number of carbonyl (C=O) groups excluding carboxylic acids is 1. The van der Waals surface area contributed by atoms with Gasteiger partial charge in [0.2, 0.25) is 0 Å². The van der Waals surface area contributed by atoms with E-state index >= 15 is 0 Å². The van der Waals surface area contributed by atoms with Gasteiger partial charge >= 0.3 is 0 Å². The molecule has 0 unspecified atom stereocenters. The molecule has 0 N–H and O–H groups in total. The van der Waals surface area contributed by atoms with Crippen LogP contribution >= 0.6 is 11.8 Å². The van der Waals surface area contributed by atoms with Crippen LogP contribution in [-0.2, 0) is 4.79 Å². The van der Waals surface area contributed by atoms with Gasteiger partial charge in [0, 0.05) is 17.7 Å². The Morgan fingerprint density at radius 1 is 1.10 bits per heavy atom. The number of hydrogen-bond acceptors (Lipinski definition) is 5. The van der Waals surface area contributed by atoms with Crippen molar-refractivity contribution < 1.29 is 9.72 Å². The van der Waals surface area contributed by atoms with Gasteiger partial charge in [0.15, 0.2) is 5.17 Å². The molecule has 1 saturated heterocycles. The molecule has 1 aromatic rings. The zero-order valence-corrected chi connectivity index (χ0v) is 18.3. The lowest BCUT2D eigenvalue weighted by molar-refractivity contribution is -0.385. The van der Waals surface area contributed by atoms with E-state index in [9.17, 15) is 14.9 Å². The van der Waals surface area contributed by atoms with Gasteiger partial charge in [-0.2, -0.15) is 0 Å². The Morgan fingerprint density at radius 2 is 1.77 bits per heavy atom. The number of thioether (sulfide) groups is 1. The van der Waals surface area contributed by atoms with Gasteiger partial charge in [-0.15, -0.1) is 0 Å². The molecule has 6 nitrogen and oxygen atoms in total. The third-order valence-corrected chi connectivity index (χ3v) is 7.37. The number of nitro groups is 1. The number of aryl methyl sites for hydroxylation is 1. The van der Waals surface area contributed by atoms with Gasteiger partial charge in [-0.05, 0) is 56.0 Å². The van der Waals surface area contributed by atoms with Gasteiger partial charge in [0.25, 0.3) is 11.6 Å². The number of nitrogens with zero attached hydrogens (tertiary/aromatic N) is 3. The maximum absolute atomic E-state index is 13.4. The topological polar surface area (TPSA) is 75.8 Å². The second kappa shape index (κ2) is 9.33. The molecule has 30 heavy (non-hydrogen) atoms. The molecule has 0 bridgehead atoms. The fourth-order valence-corrected chi connectivity index (χ4v) is 5.78. The molecule has 2 aliphatic carbocycles. The Hall–Kier alpha value is -2.15. The summed E-state index contributed by atoms with van der Waals surface area (Å²) in [5, 5.41) is 12.1. The van der Waals surface area contributed by atoms with Crippen LogP contribution in [0, 0.1) is 17.0 Å². The highest BCUT2D eigenvalue weighted by Crippen LogP contribution is 2.38. The second-order valence-electron chi connectivity index (χ2n) is 8.58. The average Bonchev–Trinajstić information content (AvgIpc) is 3.05. The number of rotatable bonds is 4. The van der Waals surface area contributed by atoms with Crippen LogP contribution in [0.5, 0.6) is 0 Å². The quantitative estimate of drug-likeness (QED) is 0.344. The summed E-state index contributed by atoms with van der Waals surface area (Å²) in [5.74, 6) is 0.00434. The van der Waals surface area contributed by atoms with Crippen molar-refractivity contribution >= 4 is 34.6 Å². The summed E-state index contributed by atoms with van der Waals surface area (Å²) < 4.78 is 0. The van der Waals surface area contributed by atoms with Crippen LogP contribution in [0.2, 0.25) is 0 Å². The van der Waals surface area contributed by atoms with Crippen molar-refractivity contribution in [3.05, 3.63) is 44.3 Å². The Kier molecular flexibility index (Phi) is 6.56. The van der Waals surface area contributed by atoms with Gasteiger partial charge in [0.1, 0.15) is 0 Å². The van der Waals surface area contributed by atoms with E-state index in [-0.39, 0.29) is 22.6 Å². The van der Waals surface area contributed by atoms with E-state index in [0.717, 1.165) is 43.7 Å². The molecule has 0 radical (unpaired) electrons. The number of benzene rings is 1. The van der Waals surface area contributed by atoms with Crippen molar-refractivity contribution in [2.75, 3.05) is 0 Å². The standard InChI is InChI=1S/C23H29N3O3S/c1-16-12-13-17(14-20(16)26(28)29)15-21-22(27)25(19-10-6-3-7-11-19)23(30-21)24-18-8-4-2-5-9-18/h12-15,18-19H,2-11H2,1H3. The van der Waals surface area contributed by atoms with Crippen LogP contribution < -0.4 is 0 Å². The van der Waals surface area contributed by atoms with Crippen molar-refractivity contribution in [1.82, 2.24) is 4.90 Å². The van der Waals surface area contributed by atoms with Crippen molar-refractivity contribution in [3.63, 3.8) is 0 Å². The minimum atomic E-state index is -0.370. The summed E-state index contributed by atoms with van der Waals surface area (Å²) in [4.78, 5) is 31.9. The summed E-state index contributed by atoms with van der Waals surface area (Å²) in [5.41, 5.74) is 1.39. The summed E-state index contributed by atoms with van der Waals surface area (Å²) in [7, 11) is 0. The Bertz CT molecular complexity index is 884. The van der Waals surface area contributed by atoms with E-state index in [1.54, 1.807) is 25.1 Å². The molecule has 4 rings (SSSR count). The number of amidine groups is 1. The molecule has 1 aliphatic heterocycles. The number of nitro benzene ring substituents is 1. The Morgan fingerprint density at radius 3 is 2.43 bits per heavy atom. The molecule has 0 aromatic heterocycles. The first-order valence-electron chi connectivity index (χ1n) is 11.1. The molecular weight excluding hydrogens is 398 g/mol. The zero-order valence-electron chi connectivity index (χ0n) is 17.5. The molecule has 7 heteroatoms. The van der Waals surface area contributed by atoms with E-state index in [1.807, 2.05) is 11.0 Å². The maximum Gasteiger partial charge on any atom is 0.272 e. The molecule has 1 heterocycles. The summed E-state index contributed by atoms with van der Waals surface area (Å²) in [6.45, 7) is 1.73. The normalized spacial score (nSPS) is 24.2. The highest BCUT2D eigenvalue weighted by molar-refractivity contribution is 8.18. The van der Waals surface area contributed by atoms with Gasteiger partial charge in [0.05, 0.1) is 15.9 Å². The van der Waals surface area contributed by atoms with Gasteiger partial charge in [-0.1, -0.05) is 50.7 Å². The first kappa shape index (κ1) is 21.1. The molecule has 160 valence electrons. The molecule has 3 aliphatic rings. The predicted octanol–water partition coefficient (Wildman–Crippen LogP) is 5.84. The second-order valence-corrected chi connectivity index (χ2v) is 9.59. The summed E-state index contributed by atoms with van der Waals surface area (Å²) in [6.07, 6.45) is 13.3. The SMILES string of the molecule is Cc1ccc(C=C2SC(=NC3CCCCC3)N(C3CCCCC3)C2=O)cc1[N+](=O)[O-]. The Balaban J connectivity index is 1.65. The lowest BCUT2D eigenvalue weighted by Gasteiger charge is -2.31. The molecule has 2 saturated carbocycles. The Labute approximate surface area is 182 Å². The lowest BCUT2D eigenvalue weighted by atomic mass is 9.94. The first-order valence-corrected chi connectivity index (χ1v) is 11.9. The van der Waals surface area contributed by atoms with Crippen LogP contribution in [0.15, 0.2) is 28.1 Å². The third-order valence-electron chi connectivity index (χ3n) is 6.37. The monoisotopic (exact) mass is 427 g/mol. The van der Waals surface area contributed by atoms with Gasteiger partial charge in [-0.3, -0.25) is 24.8 Å². The highest BCUT2D eigenvalue weighted by atomic mass is 32.2. The molecule has 0 atom stereocenters. The van der Waals surface area contributed by atoms with Crippen LogP contribution in [0.25, 0.3) is 6.08 Å². The molecule has 3 fully saturated rings. The maximum atomic E-state index is 13.4. The summed E-state index contributed by atoms with van der Waals surface area (Å²) in [6, 6.07) is 5.66. The van der Waals surface area contributed by atoms with E-state index in [0.29, 0.717) is 22.1 Å². The number of aliphatic imine (C=N–C) groups is 1. The van der Waals surface area contributed by atoms with E-state index in [2.05, 4.69) is 0 Å². The number of carbonyl (C=O) groups is 1. The van der Waals surface area contributed by atoms with E-state index < -0.39 is 0 Å². The third kappa shape index (κ3) is 4.61. The fraction of sp³-hybridized carbons (Fsp3) is 0.565. The van der Waals surface area contributed by atoms with Crippen molar-refractivity contribution in [1.29, 1.82) is 0 Å². The van der Waals surface area contributed by atoms with Crippen LogP contribution in [0.1, 0.15) is 75.3 Å². The highest BCUT2D eigenvalue weighted by Gasteiger charge is 2.39. The largest absolute Gasteiger partial charge is 0.284 e. The summed E-state index contributed by atoms with van der Waals surface area (Å²) >= 11 is 1.45. The van der Waals surface area contributed by atoms with Crippen LogP contribution in [-0.4, -0.2) is 33.0 Å². The van der Waals surface area contributed by atoms with E-state index in [1.165, 1.54) is 37.4 Å².